The van der Waals surface area contributed by atoms with Crippen molar-refractivity contribution in [1.82, 2.24) is 20.2 Å². The van der Waals surface area contributed by atoms with Gasteiger partial charge < -0.3 is 9.64 Å². The second-order valence-electron chi connectivity index (χ2n) is 6.43. The van der Waals surface area contributed by atoms with Gasteiger partial charge in [-0.05, 0) is 77.5 Å². The topological polar surface area (TPSA) is 97.9 Å². The molecule has 2 aromatic carbocycles. The van der Waals surface area contributed by atoms with Gasteiger partial charge in [0.25, 0.3) is 0 Å². The minimum atomic E-state index is -0.381. The summed E-state index contributed by atoms with van der Waals surface area (Å²) in [6.45, 7) is 6.03. The number of azo groups is 1. The molecule has 0 unspecified atom stereocenters. The number of esters is 1. The molecule has 0 aliphatic carbocycles. The summed E-state index contributed by atoms with van der Waals surface area (Å²) < 4.78 is 6.53. The maximum atomic E-state index is 11.4. The number of benzene rings is 2. The van der Waals surface area contributed by atoms with Gasteiger partial charge in [0.1, 0.15) is 6.61 Å². The fraction of sp³-hybridized carbons (Fsp3) is 0.200. The zero-order valence-corrected chi connectivity index (χ0v) is 17.3. The van der Waals surface area contributed by atoms with Crippen molar-refractivity contribution in [2.24, 2.45) is 10.2 Å². The Hall–Kier alpha value is -3.59. The summed E-state index contributed by atoms with van der Waals surface area (Å²) in [5, 5.41) is 19.6. The standard InChI is InChI=1S/C20H20ClN7O2/c1-14(2)19(29)30-13-12-27(3)17-8-4-15(5-9-17)22-23-16-6-10-18(11-7-16)28-20(21)24-25-26-28/h4-11H,1,12-13H2,2-3H3. The molecule has 0 atom stereocenters. The van der Waals surface area contributed by atoms with E-state index in [0.717, 1.165) is 11.4 Å². The van der Waals surface area contributed by atoms with Crippen LogP contribution in [0.1, 0.15) is 6.92 Å². The van der Waals surface area contributed by atoms with E-state index in [0.29, 0.717) is 23.5 Å². The number of nitrogens with zero attached hydrogens (tertiary/aromatic N) is 7. The van der Waals surface area contributed by atoms with E-state index in [2.05, 4.69) is 32.3 Å². The van der Waals surface area contributed by atoms with Crippen LogP contribution in [-0.2, 0) is 9.53 Å². The quantitative estimate of drug-likeness (QED) is 0.303. The van der Waals surface area contributed by atoms with E-state index in [9.17, 15) is 4.79 Å². The summed E-state index contributed by atoms with van der Waals surface area (Å²) in [5.41, 5.74) is 3.49. The van der Waals surface area contributed by atoms with E-state index in [-0.39, 0.29) is 17.9 Å². The summed E-state index contributed by atoms with van der Waals surface area (Å²) in [4.78, 5) is 13.4. The average molecular weight is 426 g/mol. The third kappa shape index (κ3) is 5.48. The van der Waals surface area contributed by atoms with Gasteiger partial charge in [-0.3, -0.25) is 0 Å². The normalized spacial score (nSPS) is 10.9. The lowest BCUT2D eigenvalue weighted by atomic mass is 10.2. The van der Waals surface area contributed by atoms with Gasteiger partial charge in [-0.2, -0.15) is 14.9 Å². The molecule has 3 rings (SSSR count). The first-order chi connectivity index (χ1) is 14.4. The Kier molecular flexibility index (Phi) is 6.87. The molecule has 0 N–H and O–H groups in total. The van der Waals surface area contributed by atoms with Crippen molar-refractivity contribution < 1.29 is 9.53 Å². The molecule has 0 spiro atoms. The van der Waals surface area contributed by atoms with Crippen molar-refractivity contribution in [3.8, 4) is 5.69 Å². The van der Waals surface area contributed by atoms with Crippen LogP contribution in [0.2, 0.25) is 5.28 Å². The lowest BCUT2D eigenvalue weighted by Gasteiger charge is -2.19. The number of carbonyl (C=O) groups is 1. The van der Waals surface area contributed by atoms with Crippen molar-refractivity contribution >= 4 is 34.6 Å². The first-order valence-corrected chi connectivity index (χ1v) is 9.42. The molecule has 3 aromatic rings. The van der Waals surface area contributed by atoms with Gasteiger partial charge in [-0.25, -0.2) is 4.79 Å². The van der Waals surface area contributed by atoms with Gasteiger partial charge >= 0.3 is 5.97 Å². The number of hydrogen-bond donors (Lipinski definition) is 0. The second-order valence-corrected chi connectivity index (χ2v) is 6.77. The Labute approximate surface area is 178 Å². The van der Waals surface area contributed by atoms with E-state index in [4.69, 9.17) is 16.3 Å². The highest BCUT2D eigenvalue weighted by Crippen LogP contribution is 2.23. The van der Waals surface area contributed by atoms with Crippen LogP contribution in [0.3, 0.4) is 0 Å². The maximum absolute atomic E-state index is 11.4. The smallest absolute Gasteiger partial charge is 0.333 e. The molecule has 0 aliphatic rings. The lowest BCUT2D eigenvalue weighted by Crippen LogP contribution is -2.23. The Balaban J connectivity index is 1.56. The predicted octanol–water partition coefficient (Wildman–Crippen LogP) is 4.29. The van der Waals surface area contributed by atoms with E-state index >= 15 is 0 Å². The Morgan fingerprint density at radius 1 is 1.13 bits per heavy atom. The van der Waals surface area contributed by atoms with Crippen LogP contribution < -0.4 is 4.90 Å². The molecule has 1 heterocycles. The summed E-state index contributed by atoms with van der Waals surface area (Å²) >= 11 is 5.90. The van der Waals surface area contributed by atoms with Crippen LogP contribution >= 0.6 is 11.6 Å². The number of aromatic nitrogens is 4. The van der Waals surface area contributed by atoms with E-state index in [1.807, 2.05) is 36.2 Å². The molecule has 0 aliphatic heterocycles. The predicted molar refractivity (Wildman–Crippen MR) is 114 cm³/mol. The molecule has 0 fully saturated rings. The second kappa shape index (κ2) is 9.75. The van der Waals surface area contributed by atoms with E-state index < -0.39 is 0 Å². The fourth-order valence-electron chi connectivity index (χ4n) is 2.41. The summed E-state index contributed by atoms with van der Waals surface area (Å²) in [6.07, 6.45) is 0. The van der Waals surface area contributed by atoms with Gasteiger partial charge in [-0.15, -0.1) is 0 Å². The highest BCUT2D eigenvalue weighted by Gasteiger charge is 2.06. The van der Waals surface area contributed by atoms with E-state index in [1.54, 1.807) is 31.2 Å². The number of hydrogen-bond acceptors (Lipinski definition) is 8. The molecule has 0 bridgehead atoms. The van der Waals surface area contributed by atoms with Crippen LogP contribution in [0.4, 0.5) is 17.1 Å². The van der Waals surface area contributed by atoms with E-state index in [1.165, 1.54) is 4.68 Å². The first-order valence-electron chi connectivity index (χ1n) is 9.04. The number of likely N-dealkylation sites (N-methyl/N-ethyl adjacent to an activating group) is 1. The van der Waals surface area contributed by atoms with Gasteiger partial charge in [0, 0.05) is 18.3 Å². The molecule has 1 aromatic heterocycles. The fourth-order valence-corrected chi connectivity index (χ4v) is 2.58. The zero-order valence-electron chi connectivity index (χ0n) is 16.6. The molecular formula is C20H20ClN7O2. The molecule has 10 heteroatoms. The van der Waals surface area contributed by atoms with Gasteiger partial charge in [0.15, 0.2) is 0 Å². The number of rotatable bonds is 8. The molecule has 0 saturated carbocycles. The van der Waals surface area contributed by atoms with Crippen molar-refractivity contribution in [2.75, 3.05) is 25.1 Å². The summed E-state index contributed by atoms with van der Waals surface area (Å²) in [6, 6.07) is 14.8. The average Bonchev–Trinajstić information content (AvgIpc) is 3.18. The molecular weight excluding hydrogens is 406 g/mol. The summed E-state index contributed by atoms with van der Waals surface area (Å²) in [5.74, 6) is -0.381. The number of carbonyl (C=O) groups excluding carboxylic acids is 1. The Morgan fingerprint density at radius 2 is 1.73 bits per heavy atom. The maximum Gasteiger partial charge on any atom is 0.333 e. The lowest BCUT2D eigenvalue weighted by molar-refractivity contribution is -0.138. The number of halogens is 1. The third-order valence-corrected chi connectivity index (χ3v) is 4.34. The first kappa shape index (κ1) is 21.1. The molecule has 0 radical (unpaired) electrons. The highest BCUT2D eigenvalue weighted by atomic mass is 35.5. The number of ether oxygens (including phenoxy) is 1. The minimum Gasteiger partial charge on any atom is -0.460 e. The van der Waals surface area contributed by atoms with Crippen molar-refractivity contribution in [3.63, 3.8) is 0 Å². The van der Waals surface area contributed by atoms with Crippen LogP contribution in [0.15, 0.2) is 70.9 Å². The Morgan fingerprint density at radius 3 is 2.27 bits per heavy atom. The molecule has 154 valence electrons. The molecule has 0 saturated heterocycles. The largest absolute Gasteiger partial charge is 0.460 e. The molecule has 9 nitrogen and oxygen atoms in total. The van der Waals surface area contributed by atoms with Crippen molar-refractivity contribution in [1.29, 1.82) is 0 Å². The SMILES string of the molecule is C=C(C)C(=O)OCCN(C)c1ccc(N=Nc2ccc(-n3nnnc3Cl)cc2)cc1. The number of tetrazole rings is 1. The third-order valence-electron chi connectivity index (χ3n) is 4.11. The van der Waals surface area contributed by atoms with Gasteiger partial charge in [-0.1, -0.05) is 11.7 Å². The zero-order chi connectivity index (χ0) is 21.5. The highest BCUT2D eigenvalue weighted by molar-refractivity contribution is 6.28. The molecule has 30 heavy (non-hydrogen) atoms. The van der Waals surface area contributed by atoms with Crippen molar-refractivity contribution in [2.45, 2.75) is 6.92 Å². The van der Waals surface area contributed by atoms with Gasteiger partial charge in [0.2, 0.25) is 5.28 Å². The monoisotopic (exact) mass is 425 g/mol. The minimum absolute atomic E-state index is 0.184. The number of anilines is 1. The van der Waals surface area contributed by atoms with Crippen LogP contribution in [-0.4, -0.2) is 46.4 Å². The van der Waals surface area contributed by atoms with Gasteiger partial charge in [0.05, 0.1) is 23.6 Å². The Bertz CT molecular complexity index is 1050. The van der Waals surface area contributed by atoms with Crippen LogP contribution in [0.5, 0.6) is 0 Å². The summed E-state index contributed by atoms with van der Waals surface area (Å²) in [7, 11) is 1.92. The van der Waals surface area contributed by atoms with Crippen LogP contribution in [0.25, 0.3) is 5.69 Å². The van der Waals surface area contributed by atoms with Crippen LogP contribution in [0, 0.1) is 0 Å². The molecule has 0 amide bonds. The van der Waals surface area contributed by atoms with Crippen molar-refractivity contribution in [3.05, 3.63) is 66.0 Å².